The van der Waals surface area contributed by atoms with E-state index in [0.29, 0.717) is 18.7 Å². The Morgan fingerprint density at radius 1 is 1.27 bits per heavy atom. The molecule has 1 saturated carbocycles. The molecule has 0 atom stereocenters. The molecule has 1 aliphatic rings. The largest absolute Gasteiger partial charge is 0.438 e. The number of hydrogen-bond donors (Lipinski definition) is 3. The SMILES string of the molecule is CNC(=O)c1ccc(C2(OC(=O)NC/C=C/CN)CC2)cc1. The predicted molar refractivity (Wildman–Crippen MR) is 83.4 cm³/mol. The van der Waals surface area contributed by atoms with Crippen molar-refractivity contribution in [2.45, 2.75) is 18.4 Å². The third-order valence-corrected chi connectivity index (χ3v) is 3.56. The molecule has 118 valence electrons. The average Bonchev–Trinajstić information content (AvgIpc) is 3.31. The van der Waals surface area contributed by atoms with E-state index in [2.05, 4.69) is 10.6 Å². The van der Waals surface area contributed by atoms with Gasteiger partial charge in [0.25, 0.3) is 5.91 Å². The molecule has 1 aromatic rings. The third-order valence-electron chi connectivity index (χ3n) is 3.56. The highest BCUT2D eigenvalue weighted by Gasteiger charge is 2.48. The van der Waals surface area contributed by atoms with E-state index in [1.165, 1.54) is 0 Å². The number of carbonyl (C=O) groups excluding carboxylic acids is 2. The molecule has 1 fully saturated rings. The van der Waals surface area contributed by atoms with Crippen LogP contribution in [0.2, 0.25) is 0 Å². The lowest BCUT2D eigenvalue weighted by molar-refractivity contribution is 0.0820. The van der Waals surface area contributed by atoms with Gasteiger partial charge in [0.05, 0.1) is 0 Å². The van der Waals surface area contributed by atoms with Crippen molar-refractivity contribution in [3.05, 3.63) is 47.5 Å². The maximum Gasteiger partial charge on any atom is 0.408 e. The Labute approximate surface area is 129 Å². The highest BCUT2D eigenvalue weighted by Crippen LogP contribution is 2.49. The summed E-state index contributed by atoms with van der Waals surface area (Å²) in [5, 5.41) is 5.23. The van der Waals surface area contributed by atoms with Gasteiger partial charge in [-0.2, -0.15) is 0 Å². The summed E-state index contributed by atoms with van der Waals surface area (Å²) >= 11 is 0. The first kappa shape index (κ1) is 16.0. The van der Waals surface area contributed by atoms with Crippen molar-refractivity contribution in [2.75, 3.05) is 20.1 Å². The van der Waals surface area contributed by atoms with Crippen LogP contribution >= 0.6 is 0 Å². The van der Waals surface area contributed by atoms with Crippen LogP contribution in [0.3, 0.4) is 0 Å². The fourth-order valence-electron chi connectivity index (χ4n) is 2.17. The van der Waals surface area contributed by atoms with Crippen LogP contribution in [-0.2, 0) is 10.3 Å². The normalized spacial score (nSPS) is 15.4. The summed E-state index contributed by atoms with van der Waals surface area (Å²) in [5.74, 6) is -0.137. The quantitative estimate of drug-likeness (QED) is 0.690. The van der Waals surface area contributed by atoms with E-state index < -0.39 is 11.7 Å². The number of alkyl carbamates (subject to hydrolysis) is 1. The van der Waals surface area contributed by atoms with Gasteiger partial charge in [-0.25, -0.2) is 4.79 Å². The molecule has 22 heavy (non-hydrogen) atoms. The van der Waals surface area contributed by atoms with Gasteiger partial charge >= 0.3 is 6.09 Å². The fourth-order valence-corrected chi connectivity index (χ4v) is 2.17. The van der Waals surface area contributed by atoms with Crippen LogP contribution in [-0.4, -0.2) is 32.1 Å². The van der Waals surface area contributed by atoms with Crippen molar-refractivity contribution in [3.63, 3.8) is 0 Å². The Bertz CT molecular complexity index is 563. The van der Waals surface area contributed by atoms with E-state index in [0.717, 1.165) is 18.4 Å². The van der Waals surface area contributed by atoms with E-state index in [-0.39, 0.29) is 5.91 Å². The average molecular weight is 303 g/mol. The van der Waals surface area contributed by atoms with Crippen LogP contribution in [0.1, 0.15) is 28.8 Å². The molecule has 2 rings (SSSR count). The maximum absolute atomic E-state index is 11.8. The van der Waals surface area contributed by atoms with Gasteiger partial charge in [0.2, 0.25) is 0 Å². The fraction of sp³-hybridized carbons (Fsp3) is 0.375. The second-order valence-corrected chi connectivity index (χ2v) is 5.13. The van der Waals surface area contributed by atoms with Gasteiger partial charge in [0.15, 0.2) is 0 Å². The zero-order chi connectivity index (χ0) is 16.0. The molecule has 0 aromatic heterocycles. The molecule has 0 saturated heterocycles. The number of ether oxygens (including phenoxy) is 1. The summed E-state index contributed by atoms with van der Waals surface area (Å²) in [6, 6.07) is 7.14. The summed E-state index contributed by atoms with van der Waals surface area (Å²) in [7, 11) is 1.59. The monoisotopic (exact) mass is 303 g/mol. The topological polar surface area (TPSA) is 93.4 Å². The minimum Gasteiger partial charge on any atom is -0.438 e. The summed E-state index contributed by atoms with van der Waals surface area (Å²) in [4.78, 5) is 23.3. The molecule has 1 aliphatic carbocycles. The van der Waals surface area contributed by atoms with Crippen molar-refractivity contribution in [1.82, 2.24) is 10.6 Å². The molecule has 0 aliphatic heterocycles. The number of benzene rings is 1. The highest BCUT2D eigenvalue weighted by atomic mass is 16.6. The molecule has 2 amide bonds. The van der Waals surface area contributed by atoms with Crippen molar-refractivity contribution in [1.29, 1.82) is 0 Å². The molecule has 0 spiro atoms. The molecule has 0 unspecified atom stereocenters. The van der Waals surface area contributed by atoms with Crippen molar-refractivity contribution >= 4 is 12.0 Å². The molecule has 1 aromatic carbocycles. The Morgan fingerprint density at radius 3 is 2.50 bits per heavy atom. The standard InChI is InChI=1S/C16H21N3O3/c1-18-14(20)12-4-6-13(7-5-12)16(8-9-16)22-15(21)19-11-3-2-10-17/h2-7H,8-11,17H2,1H3,(H,18,20)(H,19,21)/b3-2+. The van der Waals surface area contributed by atoms with E-state index in [1.54, 1.807) is 31.3 Å². The van der Waals surface area contributed by atoms with E-state index in [9.17, 15) is 9.59 Å². The summed E-state index contributed by atoms with van der Waals surface area (Å²) < 4.78 is 5.53. The number of nitrogens with one attached hydrogen (secondary N) is 2. The summed E-state index contributed by atoms with van der Waals surface area (Å²) in [5.41, 5.74) is 6.26. The predicted octanol–water partition coefficient (Wildman–Crippen LogP) is 1.28. The van der Waals surface area contributed by atoms with Gasteiger partial charge < -0.3 is 21.1 Å². The lowest BCUT2D eigenvalue weighted by Gasteiger charge is -2.17. The second kappa shape index (κ2) is 7.09. The minimum absolute atomic E-state index is 0.137. The lowest BCUT2D eigenvalue weighted by atomic mass is 10.1. The van der Waals surface area contributed by atoms with Gasteiger partial charge in [-0.05, 0) is 30.5 Å². The zero-order valence-electron chi connectivity index (χ0n) is 12.6. The number of rotatable bonds is 6. The maximum atomic E-state index is 11.8. The van der Waals surface area contributed by atoms with Gasteiger partial charge in [-0.3, -0.25) is 4.79 Å². The van der Waals surface area contributed by atoms with Gasteiger partial charge in [0, 0.05) is 25.7 Å². The first-order valence-corrected chi connectivity index (χ1v) is 7.26. The molecule has 6 nitrogen and oxygen atoms in total. The molecule has 4 N–H and O–H groups in total. The number of nitrogens with two attached hydrogens (primary N) is 1. The van der Waals surface area contributed by atoms with Crippen LogP contribution in [0.5, 0.6) is 0 Å². The zero-order valence-corrected chi connectivity index (χ0v) is 12.6. The molecule has 0 bridgehead atoms. The van der Waals surface area contributed by atoms with Gasteiger partial charge in [-0.15, -0.1) is 0 Å². The van der Waals surface area contributed by atoms with Crippen LogP contribution in [0.15, 0.2) is 36.4 Å². The van der Waals surface area contributed by atoms with Gasteiger partial charge in [0.1, 0.15) is 5.60 Å². The smallest absolute Gasteiger partial charge is 0.408 e. The van der Waals surface area contributed by atoms with Crippen LogP contribution in [0, 0.1) is 0 Å². The summed E-state index contributed by atoms with van der Waals surface area (Å²) in [6.45, 7) is 0.833. The molecule has 0 heterocycles. The minimum atomic E-state index is -0.553. The van der Waals surface area contributed by atoms with Crippen LogP contribution in [0.25, 0.3) is 0 Å². The first-order valence-electron chi connectivity index (χ1n) is 7.26. The van der Waals surface area contributed by atoms with Crippen molar-refractivity contribution in [3.8, 4) is 0 Å². The van der Waals surface area contributed by atoms with Crippen molar-refractivity contribution < 1.29 is 14.3 Å². The third kappa shape index (κ3) is 3.85. The van der Waals surface area contributed by atoms with Crippen molar-refractivity contribution in [2.24, 2.45) is 5.73 Å². The van der Waals surface area contributed by atoms with E-state index >= 15 is 0 Å². The second-order valence-electron chi connectivity index (χ2n) is 5.13. The van der Waals surface area contributed by atoms with Gasteiger partial charge in [-0.1, -0.05) is 24.3 Å². The number of amides is 2. The highest BCUT2D eigenvalue weighted by molar-refractivity contribution is 5.94. The summed E-state index contributed by atoms with van der Waals surface area (Å²) in [6.07, 6.45) is 4.68. The molecular formula is C16H21N3O3. The van der Waals surface area contributed by atoms with Crippen LogP contribution < -0.4 is 16.4 Å². The Hall–Kier alpha value is -2.34. The molecule has 6 heteroatoms. The van der Waals surface area contributed by atoms with E-state index in [4.69, 9.17) is 10.5 Å². The Kier molecular flexibility index (Phi) is 5.16. The first-order chi connectivity index (χ1) is 10.6. The molecule has 0 radical (unpaired) electrons. The Balaban J connectivity index is 1.94. The number of carbonyl (C=O) groups is 2. The number of hydrogen-bond acceptors (Lipinski definition) is 4. The lowest BCUT2D eigenvalue weighted by Crippen LogP contribution is -2.29. The molecular weight excluding hydrogens is 282 g/mol. The van der Waals surface area contributed by atoms with E-state index in [1.807, 2.05) is 12.1 Å². The van der Waals surface area contributed by atoms with Crippen LogP contribution in [0.4, 0.5) is 4.79 Å². The Morgan fingerprint density at radius 2 is 1.95 bits per heavy atom.